The first-order valence-corrected chi connectivity index (χ1v) is 7.62. The van der Waals surface area contributed by atoms with Crippen LogP contribution in [0.5, 0.6) is 5.75 Å². The SMILES string of the molecule is COc1ccc(Cl)cc1C(=O)Nc1ccc(-n2nnn(C)c2=O)cc1. The fraction of sp³-hybridized carbons (Fsp3) is 0.125. The summed E-state index contributed by atoms with van der Waals surface area (Å²) in [5, 5.41) is 10.6. The Kier molecular flexibility index (Phi) is 4.53. The van der Waals surface area contributed by atoms with E-state index in [4.69, 9.17) is 16.3 Å². The van der Waals surface area contributed by atoms with E-state index in [1.807, 2.05) is 0 Å². The maximum atomic E-state index is 12.4. The van der Waals surface area contributed by atoms with Gasteiger partial charge < -0.3 is 10.1 Å². The number of carbonyl (C=O) groups excluding carboxylic acids is 1. The second-order valence-electron chi connectivity index (χ2n) is 5.14. The molecule has 1 heterocycles. The molecule has 0 atom stereocenters. The zero-order valence-corrected chi connectivity index (χ0v) is 14.2. The summed E-state index contributed by atoms with van der Waals surface area (Å²) in [6.07, 6.45) is 0. The van der Waals surface area contributed by atoms with Crippen molar-refractivity contribution < 1.29 is 9.53 Å². The van der Waals surface area contributed by atoms with Crippen LogP contribution in [-0.2, 0) is 7.05 Å². The summed E-state index contributed by atoms with van der Waals surface area (Å²) in [4.78, 5) is 24.3. The van der Waals surface area contributed by atoms with E-state index in [1.165, 1.54) is 20.2 Å². The van der Waals surface area contributed by atoms with E-state index < -0.39 is 0 Å². The van der Waals surface area contributed by atoms with Crippen molar-refractivity contribution in [2.45, 2.75) is 0 Å². The van der Waals surface area contributed by atoms with Crippen LogP contribution in [0.1, 0.15) is 10.4 Å². The van der Waals surface area contributed by atoms with Gasteiger partial charge in [0.1, 0.15) is 5.75 Å². The normalized spacial score (nSPS) is 10.5. The molecule has 25 heavy (non-hydrogen) atoms. The average Bonchev–Trinajstić information content (AvgIpc) is 2.95. The number of amides is 1. The van der Waals surface area contributed by atoms with Crippen molar-refractivity contribution in [2.24, 2.45) is 7.05 Å². The second kappa shape index (κ2) is 6.78. The van der Waals surface area contributed by atoms with Crippen molar-refractivity contribution in [1.82, 2.24) is 19.8 Å². The van der Waals surface area contributed by atoms with Gasteiger partial charge in [-0.25, -0.2) is 4.79 Å². The number of nitrogens with zero attached hydrogens (tertiary/aromatic N) is 4. The standard InChI is InChI=1S/C16H14ClN5O3/c1-21-16(24)22(20-19-21)12-6-4-11(5-7-12)18-15(23)13-9-10(17)3-8-14(13)25-2/h3-9H,1-2H3,(H,18,23). The minimum atomic E-state index is -0.361. The van der Waals surface area contributed by atoms with Gasteiger partial charge in [0.25, 0.3) is 5.91 Å². The van der Waals surface area contributed by atoms with E-state index in [0.717, 1.165) is 9.36 Å². The number of hydrogen-bond acceptors (Lipinski definition) is 5. The minimum Gasteiger partial charge on any atom is -0.496 e. The molecule has 9 heteroatoms. The molecule has 0 spiro atoms. The van der Waals surface area contributed by atoms with Crippen LogP contribution in [0.25, 0.3) is 5.69 Å². The number of hydrogen-bond donors (Lipinski definition) is 1. The molecular weight excluding hydrogens is 346 g/mol. The highest BCUT2D eigenvalue weighted by Gasteiger charge is 2.13. The van der Waals surface area contributed by atoms with E-state index in [2.05, 4.69) is 15.7 Å². The number of anilines is 1. The van der Waals surface area contributed by atoms with Crippen LogP contribution < -0.4 is 15.7 Å². The maximum Gasteiger partial charge on any atom is 0.368 e. The Morgan fingerprint density at radius 1 is 1.16 bits per heavy atom. The summed E-state index contributed by atoms with van der Waals surface area (Å²) in [5.74, 6) is 0.0633. The molecule has 0 aliphatic rings. The molecule has 0 saturated heterocycles. The molecule has 3 aromatic rings. The van der Waals surface area contributed by atoms with Crippen molar-refractivity contribution in [3.8, 4) is 11.4 Å². The van der Waals surface area contributed by atoms with Gasteiger partial charge in [-0.2, -0.15) is 9.36 Å². The lowest BCUT2D eigenvalue weighted by atomic mass is 10.1. The van der Waals surface area contributed by atoms with Crippen molar-refractivity contribution in [3.05, 3.63) is 63.5 Å². The first-order chi connectivity index (χ1) is 12.0. The van der Waals surface area contributed by atoms with Gasteiger partial charge in [-0.05, 0) is 52.9 Å². The topological polar surface area (TPSA) is 91.0 Å². The lowest BCUT2D eigenvalue weighted by Crippen LogP contribution is -2.21. The van der Waals surface area contributed by atoms with Gasteiger partial charge in [-0.15, -0.1) is 0 Å². The molecule has 0 aliphatic carbocycles. The van der Waals surface area contributed by atoms with Gasteiger partial charge in [-0.3, -0.25) is 4.79 Å². The van der Waals surface area contributed by atoms with E-state index in [-0.39, 0.29) is 11.6 Å². The molecule has 128 valence electrons. The summed E-state index contributed by atoms with van der Waals surface area (Å²) < 4.78 is 7.46. The number of methoxy groups -OCH3 is 1. The highest BCUT2D eigenvalue weighted by atomic mass is 35.5. The van der Waals surface area contributed by atoms with Gasteiger partial charge in [0.15, 0.2) is 0 Å². The third kappa shape index (κ3) is 3.38. The van der Waals surface area contributed by atoms with Gasteiger partial charge in [0.2, 0.25) is 0 Å². The number of halogens is 1. The van der Waals surface area contributed by atoms with Crippen LogP contribution in [0.2, 0.25) is 5.02 Å². The number of nitrogens with one attached hydrogen (secondary N) is 1. The van der Waals surface area contributed by atoms with Crippen LogP contribution >= 0.6 is 11.6 Å². The molecule has 0 radical (unpaired) electrons. The molecule has 1 N–H and O–H groups in total. The zero-order chi connectivity index (χ0) is 18.0. The first kappa shape index (κ1) is 16.7. The summed E-state index contributed by atoms with van der Waals surface area (Å²) in [6, 6.07) is 11.4. The Morgan fingerprint density at radius 2 is 1.88 bits per heavy atom. The van der Waals surface area contributed by atoms with Gasteiger partial charge >= 0.3 is 5.69 Å². The fourth-order valence-electron chi connectivity index (χ4n) is 2.22. The third-order valence-electron chi connectivity index (χ3n) is 3.50. The first-order valence-electron chi connectivity index (χ1n) is 7.24. The number of aryl methyl sites for hydroxylation is 1. The summed E-state index contributed by atoms with van der Waals surface area (Å²) >= 11 is 5.94. The van der Waals surface area contributed by atoms with E-state index in [9.17, 15) is 9.59 Å². The Hall–Kier alpha value is -3.13. The molecule has 0 saturated carbocycles. The lowest BCUT2D eigenvalue weighted by Gasteiger charge is -2.10. The van der Waals surface area contributed by atoms with Crippen LogP contribution in [0.3, 0.4) is 0 Å². The highest BCUT2D eigenvalue weighted by molar-refractivity contribution is 6.31. The predicted octanol–water partition coefficient (Wildman–Crippen LogP) is 1.88. The number of carbonyl (C=O) groups is 1. The number of ether oxygens (including phenoxy) is 1. The molecule has 1 amide bonds. The second-order valence-corrected chi connectivity index (χ2v) is 5.58. The largest absolute Gasteiger partial charge is 0.496 e. The highest BCUT2D eigenvalue weighted by Crippen LogP contribution is 2.24. The Balaban J connectivity index is 1.82. The Morgan fingerprint density at radius 3 is 2.48 bits per heavy atom. The molecule has 1 aromatic heterocycles. The third-order valence-corrected chi connectivity index (χ3v) is 3.73. The quantitative estimate of drug-likeness (QED) is 0.768. The molecular formula is C16H14ClN5O3. The Labute approximate surface area is 147 Å². The fourth-order valence-corrected chi connectivity index (χ4v) is 2.39. The number of aromatic nitrogens is 4. The number of benzene rings is 2. The lowest BCUT2D eigenvalue weighted by molar-refractivity contribution is 0.102. The molecule has 0 bridgehead atoms. The zero-order valence-electron chi connectivity index (χ0n) is 13.4. The average molecular weight is 360 g/mol. The van der Waals surface area contributed by atoms with Crippen molar-refractivity contribution in [3.63, 3.8) is 0 Å². The molecule has 0 fully saturated rings. The minimum absolute atomic E-state index is 0.323. The number of rotatable bonds is 4. The monoisotopic (exact) mass is 359 g/mol. The molecule has 0 aliphatic heterocycles. The van der Waals surface area contributed by atoms with Crippen LogP contribution in [0.4, 0.5) is 5.69 Å². The number of tetrazole rings is 1. The molecule has 2 aromatic carbocycles. The molecule has 0 unspecified atom stereocenters. The molecule has 3 rings (SSSR count). The molecule has 8 nitrogen and oxygen atoms in total. The van der Waals surface area contributed by atoms with Crippen LogP contribution in [0.15, 0.2) is 47.3 Å². The van der Waals surface area contributed by atoms with Crippen molar-refractivity contribution in [1.29, 1.82) is 0 Å². The van der Waals surface area contributed by atoms with Gasteiger partial charge in [0, 0.05) is 17.8 Å². The predicted molar refractivity (Wildman–Crippen MR) is 92.6 cm³/mol. The van der Waals surface area contributed by atoms with Crippen LogP contribution in [-0.4, -0.2) is 32.8 Å². The van der Waals surface area contributed by atoms with E-state index >= 15 is 0 Å². The van der Waals surface area contributed by atoms with Crippen LogP contribution in [0, 0.1) is 0 Å². The smallest absolute Gasteiger partial charge is 0.368 e. The summed E-state index contributed by atoms with van der Waals surface area (Å²) in [6.45, 7) is 0. The van der Waals surface area contributed by atoms with Gasteiger partial charge in [0.05, 0.1) is 18.4 Å². The Bertz CT molecular complexity index is 978. The van der Waals surface area contributed by atoms with E-state index in [1.54, 1.807) is 36.4 Å². The van der Waals surface area contributed by atoms with Crippen molar-refractivity contribution in [2.75, 3.05) is 12.4 Å². The van der Waals surface area contributed by atoms with E-state index in [0.29, 0.717) is 27.7 Å². The maximum absolute atomic E-state index is 12.4. The summed E-state index contributed by atoms with van der Waals surface area (Å²) in [7, 11) is 2.99. The summed E-state index contributed by atoms with van der Waals surface area (Å²) in [5.41, 5.74) is 1.05. The van der Waals surface area contributed by atoms with Gasteiger partial charge in [-0.1, -0.05) is 11.6 Å². The van der Waals surface area contributed by atoms with Crippen molar-refractivity contribution >= 4 is 23.2 Å².